The van der Waals surface area contributed by atoms with Gasteiger partial charge in [-0.25, -0.2) is 8.78 Å². The van der Waals surface area contributed by atoms with Crippen molar-refractivity contribution in [3.05, 3.63) is 114 Å². The maximum absolute atomic E-state index is 14.3. The molecule has 0 spiro atoms. The van der Waals surface area contributed by atoms with Crippen LogP contribution in [-0.4, -0.2) is 18.5 Å². The quantitative estimate of drug-likeness (QED) is 0.176. The van der Waals surface area contributed by atoms with Gasteiger partial charge >= 0.3 is 12.3 Å². The normalized spacial score (nSPS) is 12.8. The summed E-state index contributed by atoms with van der Waals surface area (Å²) < 4.78 is 95.0. The molecule has 4 aromatic carbocycles. The van der Waals surface area contributed by atoms with Crippen molar-refractivity contribution in [3.8, 4) is 28.0 Å². The lowest BCUT2D eigenvalue weighted by atomic mass is 9.98. The molecule has 0 saturated carbocycles. The minimum absolute atomic E-state index is 0.297. The fourth-order valence-electron chi connectivity index (χ4n) is 4.32. The minimum Gasteiger partial charge on any atom is -0.427 e. The highest BCUT2D eigenvalue weighted by molar-refractivity contribution is 5.65. The summed E-state index contributed by atoms with van der Waals surface area (Å²) in [7, 11) is 0. The Morgan fingerprint density at radius 3 is 1.40 bits per heavy atom. The van der Waals surface area contributed by atoms with Crippen LogP contribution < -0.4 is 4.74 Å². The highest BCUT2D eigenvalue weighted by Crippen LogP contribution is 2.38. The molecule has 4 rings (SSSR count). The van der Waals surface area contributed by atoms with Crippen molar-refractivity contribution in [2.24, 2.45) is 0 Å². The Hall–Kier alpha value is -3.81. The molecule has 4 aromatic rings. The summed E-state index contributed by atoms with van der Waals surface area (Å²) in [6, 6.07) is 27.0. The van der Waals surface area contributed by atoms with Crippen LogP contribution in [-0.2, 0) is 19.3 Å². The van der Waals surface area contributed by atoms with Gasteiger partial charge in [-0.2, -0.15) is 22.0 Å². The van der Waals surface area contributed by atoms with E-state index in [1.54, 1.807) is 12.1 Å². The molecule has 0 aromatic heterocycles. The first-order valence-corrected chi connectivity index (χ1v) is 12.8. The van der Waals surface area contributed by atoms with Crippen LogP contribution in [0.5, 0.6) is 5.75 Å². The number of rotatable bonds is 10. The maximum Gasteiger partial charge on any atom is 0.439 e. The number of hydrogen-bond donors (Lipinski definition) is 0. The molecule has 8 heteroatoms. The van der Waals surface area contributed by atoms with E-state index in [0.29, 0.717) is 11.1 Å². The fourth-order valence-corrected chi connectivity index (χ4v) is 4.32. The van der Waals surface area contributed by atoms with Crippen molar-refractivity contribution in [2.75, 3.05) is 0 Å². The van der Waals surface area contributed by atoms with E-state index in [1.165, 1.54) is 22.8 Å². The maximum atomic E-state index is 14.3. The zero-order valence-corrected chi connectivity index (χ0v) is 21.6. The monoisotopic (exact) mass is 560 g/mol. The number of benzene rings is 4. The second-order valence-corrected chi connectivity index (χ2v) is 9.55. The second kappa shape index (κ2) is 12.1. The van der Waals surface area contributed by atoms with E-state index in [1.807, 2.05) is 12.1 Å². The van der Waals surface area contributed by atoms with Crippen molar-refractivity contribution in [1.29, 1.82) is 0 Å². The predicted octanol–water partition coefficient (Wildman–Crippen LogP) is 9.77. The number of aryl methyl sites for hydroxylation is 3. The average Bonchev–Trinajstić information content (AvgIpc) is 2.93. The molecule has 0 bridgehead atoms. The molecule has 0 aliphatic rings. The van der Waals surface area contributed by atoms with Crippen LogP contribution in [0, 0.1) is 5.82 Å². The molecule has 0 saturated heterocycles. The van der Waals surface area contributed by atoms with E-state index in [4.69, 9.17) is 0 Å². The standard InChI is InChI=1S/C32H27F7O/c1-2-3-21-6-12-24(13-7-21)25-14-8-22(9-15-25)4-5-23-10-16-26(17-11-23)27-18-19-29(28(33)20-27)40-32(38,39)30(34)31(35,36)37/h6-20,30H,2-5H2,1H3. The van der Waals surface area contributed by atoms with E-state index in [9.17, 15) is 30.7 Å². The Morgan fingerprint density at radius 2 is 1.00 bits per heavy atom. The average molecular weight is 561 g/mol. The van der Waals surface area contributed by atoms with Crippen molar-refractivity contribution < 1.29 is 35.5 Å². The van der Waals surface area contributed by atoms with Crippen LogP contribution in [0.4, 0.5) is 30.7 Å². The summed E-state index contributed by atoms with van der Waals surface area (Å²) in [5.41, 5.74) is 6.70. The van der Waals surface area contributed by atoms with E-state index >= 15 is 0 Å². The lowest BCUT2D eigenvalue weighted by Crippen LogP contribution is -2.45. The van der Waals surface area contributed by atoms with Gasteiger partial charge in [0.25, 0.3) is 6.17 Å². The van der Waals surface area contributed by atoms with Crippen molar-refractivity contribution in [2.45, 2.75) is 51.1 Å². The molecule has 0 fully saturated rings. The lowest BCUT2D eigenvalue weighted by molar-refractivity contribution is -0.305. The Bertz CT molecular complexity index is 1390. The van der Waals surface area contributed by atoms with E-state index in [-0.39, 0.29) is 0 Å². The molecule has 40 heavy (non-hydrogen) atoms. The second-order valence-electron chi connectivity index (χ2n) is 9.55. The largest absolute Gasteiger partial charge is 0.439 e. The predicted molar refractivity (Wildman–Crippen MR) is 142 cm³/mol. The number of ether oxygens (including phenoxy) is 1. The van der Waals surface area contributed by atoms with E-state index < -0.39 is 30.0 Å². The van der Waals surface area contributed by atoms with Gasteiger partial charge < -0.3 is 4.74 Å². The van der Waals surface area contributed by atoms with Crippen LogP contribution in [0.2, 0.25) is 0 Å². The van der Waals surface area contributed by atoms with Gasteiger partial charge in [0.15, 0.2) is 11.6 Å². The number of alkyl halides is 6. The molecule has 1 atom stereocenters. The van der Waals surface area contributed by atoms with Crippen LogP contribution in [0.1, 0.15) is 30.0 Å². The highest BCUT2D eigenvalue weighted by Gasteiger charge is 2.59. The Labute approximate surface area is 228 Å². The third kappa shape index (κ3) is 7.23. The molecular weight excluding hydrogens is 533 g/mol. The topological polar surface area (TPSA) is 9.23 Å². The Balaban J connectivity index is 1.36. The van der Waals surface area contributed by atoms with Gasteiger partial charge in [0, 0.05) is 0 Å². The first-order chi connectivity index (χ1) is 19.0. The van der Waals surface area contributed by atoms with Crippen LogP contribution in [0.15, 0.2) is 91.0 Å². The van der Waals surface area contributed by atoms with Gasteiger partial charge in [-0.15, -0.1) is 0 Å². The lowest BCUT2D eigenvalue weighted by Gasteiger charge is -2.23. The smallest absolute Gasteiger partial charge is 0.427 e. The first kappa shape index (κ1) is 29.2. The van der Waals surface area contributed by atoms with Gasteiger partial charge in [-0.3, -0.25) is 0 Å². The van der Waals surface area contributed by atoms with E-state index in [2.05, 4.69) is 60.2 Å². The van der Waals surface area contributed by atoms with Crippen LogP contribution >= 0.6 is 0 Å². The number of halogens is 7. The molecule has 0 N–H and O–H groups in total. The summed E-state index contributed by atoms with van der Waals surface area (Å²) in [6.45, 7) is 2.16. The highest BCUT2D eigenvalue weighted by atomic mass is 19.4. The third-order valence-corrected chi connectivity index (χ3v) is 6.53. The minimum atomic E-state index is -5.86. The molecule has 0 aliphatic heterocycles. The van der Waals surface area contributed by atoms with Gasteiger partial charge in [0.2, 0.25) is 0 Å². The molecule has 1 nitrogen and oxygen atoms in total. The van der Waals surface area contributed by atoms with Crippen molar-refractivity contribution >= 4 is 0 Å². The zero-order valence-electron chi connectivity index (χ0n) is 21.6. The molecule has 0 heterocycles. The zero-order chi connectivity index (χ0) is 28.9. The van der Waals surface area contributed by atoms with E-state index in [0.717, 1.165) is 48.9 Å². The Kier molecular flexibility index (Phi) is 8.86. The summed E-state index contributed by atoms with van der Waals surface area (Å²) in [4.78, 5) is 0. The molecule has 210 valence electrons. The summed E-state index contributed by atoms with van der Waals surface area (Å²) in [5, 5.41) is 0. The summed E-state index contributed by atoms with van der Waals surface area (Å²) in [5.74, 6) is -2.52. The summed E-state index contributed by atoms with van der Waals surface area (Å²) in [6.07, 6.45) is -12.0. The molecule has 0 aliphatic carbocycles. The van der Waals surface area contributed by atoms with Gasteiger partial charge in [0.05, 0.1) is 0 Å². The SMILES string of the molecule is CCCc1ccc(-c2ccc(CCc3ccc(-c4ccc(OC(F)(F)C(F)C(F)(F)F)c(F)c4)cc3)cc2)cc1. The first-order valence-electron chi connectivity index (χ1n) is 12.8. The molecule has 0 amide bonds. The summed E-state index contributed by atoms with van der Waals surface area (Å²) >= 11 is 0. The van der Waals surface area contributed by atoms with Gasteiger partial charge in [-0.05, 0) is 70.3 Å². The van der Waals surface area contributed by atoms with Crippen LogP contribution in [0.3, 0.4) is 0 Å². The Morgan fingerprint density at radius 1 is 0.600 bits per heavy atom. The van der Waals surface area contributed by atoms with Gasteiger partial charge in [-0.1, -0.05) is 92.2 Å². The van der Waals surface area contributed by atoms with Gasteiger partial charge in [0.1, 0.15) is 0 Å². The molecule has 1 unspecified atom stereocenters. The third-order valence-electron chi connectivity index (χ3n) is 6.53. The van der Waals surface area contributed by atoms with Crippen molar-refractivity contribution in [3.63, 3.8) is 0 Å². The van der Waals surface area contributed by atoms with Crippen LogP contribution in [0.25, 0.3) is 22.3 Å². The van der Waals surface area contributed by atoms with Crippen molar-refractivity contribution in [1.82, 2.24) is 0 Å². The number of hydrogen-bond acceptors (Lipinski definition) is 1. The molecule has 0 radical (unpaired) electrons. The molecular formula is C32H27F7O. The fraction of sp³-hybridized carbons (Fsp3) is 0.250.